The lowest BCUT2D eigenvalue weighted by molar-refractivity contribution is 0.0999. The van der Waals surface area contributed by atoms with Crippen molar-refractivity contribution in [1.29, 1.82) is 0 Å². The van der Waals surface area contributed by atoms with E-state index in [2.05, 4.69) is 4.90 Å². The van der Waals surface area contributed by atoms with Gasteiger partial charge in [0.05, 0.1) is 0 Å². The number of benzene rings is 1. The van der Waals surface area contributed by atoms with Crippen LogP contribution in [0, 0.1) is 5.82 Å². The van der Waals surface area contributed by atoms with Crippen LogP contribution in [0.2, 0.25) is 0 Å². The van der Waals surface area contributed by atoms with Gasteiger partial charge in [0.25, 0.3) is 0 Å². The molecule has 2 rings (SSSR count). The fourth-order valence-corrected chi connectivity index (χ4v) is 2.88. The van der Waals surface area contributed by atoms with E-state index in [0.29, 0.717) is 17.7 Å². The van der Waals surface area contributed by atoms with E-state index in [1.165, 1.54) is 12.1 Å². The molecular weight excluding hydrogens is 257 g/mol. The van der Waals surface area contributed by atoms with Gasteiger partial charge in [-0.25, -0.2) is 4.39 Å². The van der Waals surface area contributed by atoms with Crippen molar-refractivity contribution in [2.24, 2.45) is 11.5 Å². The number of carbonyl (C=O) groups excluding carboxylic acids is 1. The monoisotopic (exact) mass is 279 g/mol. The maximum Gasteiger partial charge on any atom is 0.248 e. The maximum absolute atomic E-state index is 13.9. The minimum atomic E-state index is -0.534. The summed E-state index contributed by atoms with van der Waals surface area (Å²) < 4.78 is 13.9. The topological polar surface area (TPSA) is 72.3 Å². The summed E-state index contributed by atoms with van der Waals surface area (Å²) in [5.41, 5.74) is 12.1. The van der Waals surface area contributed by atoms with Gasteiger partial charge in [-0.1, -0.05) is 6.42 Å². The quantitative estimate of drug-likeness (QED) is 0.879. The lowest BCUT2D eigenvalue weighted by Gasteiger charge is -2.38. The van der Waals surface area contributed by atoms with Crippen LogP contribution in [0.25, 0.3) is 0 Å². The molecule has 1 fully saturated rings. The van der Waals surface area contributed by atoms with Crippen LogP contribution in [0.5, 0.6) is 0 Å². The number of nitrogens with two attached hydrogens (primary N) is 2. The Kier molecular flexibility index (Phi) is 4.73. The number of amides is 1. The summed E-state index contributed by atoms with van der Waals surface area (Å²) in [5.74, 6) is -0.836. The SMILES string of the molecule is CC(N)C1CCCCN1Cc1cc(C(N)=O)ccc1F. The van der Waals surface area contributed by atoms with Gasteiger partial charge in [0.2, 0.25) is 5.91 Å². The van der Waals surface area contributed by atoms with Crippen LogP contribution in [0.1, 0.15) is 42.1 Å². The van der Waals surface area contributed by atoms with E-state index in [1.807, 2.05) is 6.92 Å². The third kappa shape index (κ3) is 3.35. The van der Waals surface area contributed by atoms with Crippen molar-refractivity contribution in [1.82, 2.24) is 4.90 Å². The van der Waals surface area contributed by atoms with Gasteiger partial charge in [-0.2, -0.15) is 0 Å². The van der Waals surface area contributed by atoms with E-state index in [0.717, 1.165) is 25.8 Å². The molecule has 0 aromatic heterocycles. The first-order valence-electron chi connectivity index (χ1n) is 7.07. The summed E-state index contributed by atoms with van der Waals surface area (Å²) in [6, 6.07) is 4.59. The predicted octanol–water partition coefficient (Wildman–Crippen LogP) is 1.63. The second-order valence-corrected chi connectivity index (χ2v) is 5.56. The van der Waals surface area contributed by atoms with Crippen molar-refractivity contribution in [2.45, 2.75) is 44.8 Å². The number of nitrogens with zero attached hydrogens (tertiary/aromatic N) is 1. The van der Waals surface area contributed by atoms with E-state index < -0.39 is 5.91 Å². The summed E-state index contributed by atoms with van der Waals surface area (Å²) in [6.45, 7) is 3.37. The summed E-state index contributed by atoms with van der Waals surface area (Å²) in [7, 11) is 0. The van der Waals surface area contributed by atoms with Crippen LogP contribution in [-0.4, -0.2) is 29.4 Å². The molecule has 1 saturated heterocycles. The highest BCUT2D eigenvalue weighted by Crippen LogP contribution is 2.22. The molecule has 0 aliphatic carbocycles. The van der Waals surface area contributed by atoms with Gasteiger partial charge in [-0.15, -0.1) is 0 Å². The Balaban J connectivity index is 2.19. The van der Waals surface area contributed by atoms with Crippen LogP contribution in [0.15, 0.2) is 18.2 Å². The highest BCUT2D eigenvalue weighted by atomic mass is 19.1. The molecule has 2 atom stereocenters. The van der Waals surface area contributed by atoms with Gasteiger partial charge in [0, 0.05) is 29.8 Å². The first-order valence-corrected chi connectivity index (χ1v) is 7.07. The Bertz CT molecular complexity index is 490. The van der Waals surface area contributed by atoms with Crippen molar-refractivity contribution < 1.29 is 9.18 Å². The Hall–Kier alpha value is -1.46. The molecule has 1 aliphatic heterocycles. The zero-order valence-corrected chi connectivity index (χ0v) is 11.8. The smallest absolute Gasteiger partial charge is 0.248 e. The van der Waals surface area contributed by atoms with Crippen LogP contribution in [0.3, 0.4) is 0 Å². The molecule has 5 heteroatoms. The summed E-state index contributed by atoms with van der Waals surface area (Å²) in [5, 5.41) is 0. The summed E-state index contributed by atoms with van der Waals surface area (Å²) >= 11 is 0. The number of hydrogen-bond donors (Lipinski definition) is 2. The highest BCUT2D eigenvalue weighted by Gasteiger charge is 2.26. The van der Waals surface area contributed by atoms with E-state index in [9.17, 15) is 9.18 Å². The Morgan fingerprint density at radius 1 is 1.50 bits per heavy atom. The van der Waals surface area contributed by atoms with Crippen LogP contribution in [0.4, 0.5) is 4.39 Å². The molecule has 0 radical (unpaired) electrons. The normalized spacial score (nSPS) is 21.6. The first kappa shape index (κ1) is 14.9. The highest BCUT2D eigenvalue weighted by molar-refractivity contribution is 5.92. The zero-order valence-electron chi connectivity index (χ0n) is 11.8. The Morgan fingerprint density at radius 3 is 2.90 bits per heavy atom. The van der Waals surface area contributed by atoms with Crippen molar-refractivity contribution in [3.8, 4) is 0 Å². The predicted molar refractivity (Wildman–Crippen MR) is 76.6 cm³/mol. The zero-order chi connectivity index (χ0) is 14.7. The van der Waals surface area contributed by atoms with Crippen LogP contribution < -0.4 is 11.5 Å². The molecule has 2 unspecified atom stereocenters. The average molecular weight is 279 g/mol. The van der Waals surface area contributed by atoms with Crippen molar-refractivity contribution >= 4 is 5.91 Å². The lowest BCUT2D eigenvalue weighted by atomic mass is 9.96. The molecule has 1 aromatic carbocycles. The third-order valence-corrected chi connectivity index (χ3v) is 3.97. The molecule has 0 saturated carbocycles. The summed E-state index contributed by atoms with van der Waals surface area (Å²) in [4.78, 5) is 13.4. The molecule has 20 heavy (non-hydrogen) atoms. The standard InChI is InChI=1S/C15H22FN3O/c1-10(17)14-4-2-3-7-19(14)9-12-8-11(15(18)20)5-6-13(12)16/h5-6,8,10,14H,2-4,7,9,17H2,1H3,(H2,18,20). The molecule has 1 aromatic rings. The molecule has 4 nitrogen and oxygen atoms in total. The molecular formula is C15H22FN3O. The molecule has 0 spiro atoms. The lowest BCUT2D eigenvalue weighted by Crippen LogP contribution is -2.48. The van der Waals surface area contributed by atoms with Gasteiger partial charge in [-0.3, -0.25) is 9.69 Å². The van der Waals surface area contributed by atoms with E-state index in [1.54, 1.807) is 6.07 Å². The van der Waals surface area contributed by atoms with Crippen molar-refractivity contribution in [3.63, 3.8) is 0 Å². The number of halogens is 1. The minimum Gasteiger partial charge on any atom is -0.366 e. The van der Waals surface area contributed by atoms with Crippen LogP contribution in [-0.2, 0) is 6.54 Å². The minimum absolute atomic E-state index is 0.0534. The largest absolute Gasteiger partial charge is 0.366 e. The molecule has 1 amide bonds. The first-order chi connectivity index (χ1) is 9.49. The fraction of sp³-hybridized carbons (Fsp3) is 0.533. The number of piperidine rings is 1. The molecule has 110 valence electrons. The molecule has 1 heterocycles. The fourth-order valence-electron chi connectivity index (χ4n) is 2.88. The van der Waals surface area contributed by atoms with Crippen molar-refractivity contribution in [2.75, 3.05) is 6.54 Å². The third-order valence-electron chi connectivity index (χ3n) is 3.97. The number of primary amides is 1. The van der Waals surface area contributed by atoms with Gasteiger partial charge in [0.1, 0.15) is 5.82 Å². The van der Waals surface area contributed by atoms with Crippen LogP contribution >= 0.6 is 0 Å². The maximum atomic E-state index is 13.9. The van der Waals surface area contributed by atoms with Crippen molar-refractivity contribution in [3.05, 3.63) is 35.1 Å². The Morgan fingerprint density at radius 2 is 2.25 bits per heavy atom. The number of likely N-dealkylation sites (tertiary alicyclic amines) is 1. The van der Waals surface area contributed by atoms with Gasteiger partial charge in [0.15, 0.2) is 0 Å². The average Bonchev–Trinajstić information content (AvgIpc) is 2.41. The second-order valence-electron chi connectivity index (χ2n) is 5.56. The molecule has 4 N–H and O–H groups in total. The van der Waals surface area contributed by atoms with E-state index in [4.69, 9.17) is 11.5 Å². The molecule has 0 bridgehead atoms. The second kappa shape index (κ2) is 6.33. The Labute approximate surface area is 118 Å². The van der Waals surface area contributed by atoms with Gasteiger partial charge < -0.3 is 11.5 Å². The number of rotatable bonds is 4. The number of hydrogen-bond acceptors (Lipinski definition) is 3. The molecule has 1 aliphatic rings. The van der Waals surface area contributed by atoms with E-state index in [-0.39, 0.29) is 17.9 Å². The van der Waals surface area contributed by atoms with Gasteiger partial charge in [-0.05, 0) is 44.5 Å². The van der Waals surface area contributed by atoms with E-state index >= 15 is 0 Å². The number of carbonyl (C=O) groups is 1. The summed E-state index contributed by atoms with van der Waals surface area (Å²) in [6.07, 6.45) is 3.29. The van der Waals surface area contributed by atoms with Gasteiger partial charge >= 0.3 is 0 Å².